The normalized spacial score (nSPS) is 12.0. The third-order valence-corrected chi connectivity index (χ3v) is 4.29. The minimum atomic E-state index is -0.888. The summed E-state index contributed by atoms with van der Waals surface area (Å²) in [5.41, 5.74) is 11.1. The van der Waals surface area contributed by atoms with E-state index < -0.39 is 12.1 Å². The van der Waals surface area contributed by atoms with Crippen LogP contribution in [0.1, 0.15) is 27.6 Å². The van der Waals surface area contributed by atoms with Crippen LogP contribution < -0.4 is 0 Å². The molecule has 6 heteroatoms. The van der Waals surface area contributed by atoms with Gasteiger partial charge in [-0.3, -0.25) is 0 Å². The molecular formula is C22H16ClN3O2. The average Bonchev–Trinajstić information content (AvgIpc) is 2.73. The Balaban J connectivity index is 2.03. The summed E-state index contributed by atoms with van der Waals surface area (Å²) < 4.78 is 5.73. The van der Waals surface area contributed by atoms with Crippen molar-refractivity contribution in [3.63, 3.8) is 0 Å². The van der Waals surface area contributed by atoms with Crippen LogP contribution in [0.3, 0.4) is 0 Å². The van der Waals surface area contributed by atoms with Crippen molar-refractivity contribution in [3.05, 3.63) is 123 Å². The van der Waals surface area contributed by atoms with Gasteiger partial charge in [0.2, 0.25) is 0 Å². The van der Waals surface area contributed by atoms with E-state index in [1.165, 1.54) is 0 Å². The smallest absolute Gasteiger partial charge is 0.340 e. The lowest BCUT2D eigenvalue weighted by Crippen LogP contribution is -2.13. The fourth-order valence-corrected chi connectivity index (χ4v) is 2.87. The van der Waals surface area contributed by atoms with E-state index in [0.29, 0.717) is 5.56 Å². The zero-order valence-corrected chi connectivity index (χ0v) is 15.5. The lowest BCUT2D eigenvalue weighted by atomic mass is 10.0. The van der Waals surface area contributed by atoms with Crippen molar-refractivity contribution in [2.45, 2.75) is 6.10 Å². The van der Waals surface area contributed by atoms with E-state index in [0.717, 1.165) is 5.56 Å². The molecule has 28 heavy (non-hydrogen) atoms. The molecule has 3 aromatic carbocycles. The quantitative estimate of drug-likeness (QED) is 0.206. The van der Waals surface area contributed by atoms with Crippen LogP contribution in [0, 0.1) is 0 Å². The van der Waals surface area contributed by atoms with Gasteiger partial charge in [0, 0.05) is 4.91 Å². The van der Waals surface area contributed by atoms with E-state index in [4.69, 9.17) is 21.9 Å². The highest BCUT2D eigenvalue weighted by molar-refractivity contribution is 6.33. The first-order valence-corrected chi connectivity index (χ1v) is 8.89. The molecule has 0 amide bonds. The number of rotatable bonds is 6. The largest absolute Gasteiger partial charge is 0.449 e. The SMILES string of the molecule is [N-]=[N+]=N/C(=C\c1ccccc1)C(OC(=O)c1ccccc1Cl)c1ccccc1. The van der Waals surface area contributed by atoms with Crippen LogP contribution >= 0.6 is 11.6 Å². The number of esters is 1. The first-order valence-electron chi connectivity index (χ1n) is 8.51. The van der Waals surface area contributed by atoms with Crippen LogP contribution in [0.25, 0.3) is 16.5 Å². The van der Waals surface area contributed by atoms with E-state index >= 15 is 0 Å². The number of azide groups is 1. The Labute approximate surface area is 167 Å². The van der Waals surface area contributed by atoms with Gasteiger partial charge in [0.05, 0.1) is 16.3 Å². The van der Waals surface area contributed by atoms with Crippen LogP contribution in [0.2, 0.25) is 5.02 Å². The number of hydrogen-bond acceptors (Lipinski definition) is 3. The Kier molecular flexibility index (Phi) is 6.47. The first-order chi connectivity index (χ1) is 13.7. The average molecular weight is 390 g/mol. The Morgan fingerprint density at radius 3 is 2.21 bits per heavy atom. The molecule has 0 aromatic heterocycles. The van der Waals surface area contributed by atoms with Crippen LogP contribution in [-0.2, 0) is 4.74 Å². The van der Waals surface area contributed by atoms with E-state index in [1.54, 1.807) is 42.5 Å². The van der Waals surface area contributed by atoms with Gasteiger partial charge >= 0.3 is 5.97 Å². The van der Waals surface area contributed by atoms with Gasteiger partial charge in [-0.2, -0.15) is 0 Å². The maximum Gasteiger partial charge on any atom is 0.340 e. The number of benzene rings is 3. The van der Waals surface area contributed by atoms with Crippen LogP contribution in [-0.4, -0.2) is 5.97 Å². The number of carbonyl (C=O) groups excluding carboxylic acids is 1. The molecule has 0 spiro atoms. The van der Waals surface area contributed by atoms with Gasteiger partial charge in [-0.25, -0.2) is 4.79 Å². The molecule has 5 nitrogen and oxygen atoms in total. The predicted octanol–water partition coefficient (Wildman–Crippen LogP) is 6.59. The molecular weight excluding hydrogens is 374 g/mol. The molecule has 0 radical (unpaired) electrons. The molecule has 0 N–H and O–H groups in total. The van der Waals surface area contributed by atoms with Crippen molar-refractivity contribution in [2.24, 2.45) is 5.11 Å². The minimum Gasteiger partial charge on any atom is -0.449 e. The van der Waals surface area contributed by atoms with Crippen LogP contribution in [0.5, 0.6) is 0 Å². The maximum atomic E-state index is 12.7. The number of carbonyl (C=O) groups is 1. The zero-order chi connectivity index (χ0) is 19.8. The Hall–Kier alpha value is -3.53. The van der Waals surface area contributed by atoms with Crippen molar-refractivity contribution in [1.82, 2.24) is 0 Å². The molecule has 138 valence electrons. The van der Waals surface area contributed by atoms with Crippen molar-refractivity contribution in [1.29, 1.82) is 0 Å². The van der Waals surface area contributed by atoms with Gasteiger partial charge in [0.15, 0.2) is 6.10 Å². The van der Waals surface area contributed by atoms with Crippen LogP contribution in [0.4, 0.5) is 0 Å². The summed E-state index contributed by atoms with van der Waals surface area (Å²) in [6, 6.07) is 25.1. The Bertz CT molecular complexity index is 1030. The molecule has 0 heterocycles. The molecule has 1 unspecified atom stereocenters. The molecule has 0 saturated carbocycles. The molecule has 0 aliphatic heterocycles. The van der Waals surface area contributed by atoms with Gasteiger partial charge in [0.25, 0.3) is 0 Å². The summed E-state index contributed by atoms with van der Waals surface area (Å²) >= 11 is 6.12. The molecule has 0 fully saturated rings. The number of nitrogens with zero attached hydrogens (tertiary/aromatic N) is 3. The highest BCUT2D eigenvalue weighted by atomic mass is 35.5. The van der Waals surface area contributed by atoms with Crippen molar-refractivity contribution < 1.29 is 9.53 Å². The van der Waals surface area contributed by atoms with Gasteiger partial charge in [0.1, 0.15) is 0 Å². The molecule has 3 aromatic rings. The second-order valence-corrected chi connectivity index (χ2v) is 6.25. The zero-order valence-electron chi connectivity index (χ0n) is 14.8. The van der Waals surface area contributed by atoms with Gasteiger partial charge in [-0.1, -0.05) is 89.5 Å². The highest BCUT2D eigenvalue weighted by Crippen LogP contribution is 2.30. The molecule has 0 aliphatic rings. The number of ether oxygens (including phenoxy) is 1. The monoisotopic (exact) mass is 389 g/mol. The third-order valence-electron chi connectivity index (χ3n) is 3.96. The fraction of sp³-hybridized carbons (Fsp3) is 0.0455. The van der Waals surface area contributed by atoms with Crippen LogP contribution in [0.15, 0.2) is 95.7 Å². The summed E-state index contributed by atoms with van der Waals surface area (Å²) in [5, 5.41) is 4.09. The number of hydrogen-bond donors (Lipinski definition) is 0. The van der Waals surface area contributed by atoms with E-state index in [2.05, 4.69) is 10.0 Å². The topological polar surface area (TPSA) is 75.1 Å². The van der Waals surface area contributed by atoms with E-state index in [9.17, 15) is 4.79 Å². The minimum absolute atomic E-state index is 0.241. The summed E-state index contributed by atoms with van der Waals surface area (Å²) in [6.07, 6.45) is 0.804. The molecule has 0 aliphatic carbocycles. The van der Waals surface area contributed by atoms with E-state index in [1.807, 2.05) is 48.5 Å². The molecule has 3 rings (SSSR count). The first kappa shape index (κ1) is 19.2. The second-order valence-electron chi connectivity index (χ2n) is 5.85. The van der Waals surface area contributed by atoms with Crippen molar-refractivity contribution in [2.75, 3.05) is 0 Å². The maximum absolute atomic E-state index is 12.7. The Morgan fingerprint density at radius 1 is 0.964 bits per heavy atom. The third kappa shape index (κ3) is 4.80. The lowest BCUT2D eigenvalue weighted by Gasteiger charge is -2.19. The van der Waals surface area contributed by atoms with Gasteiger partial charge < -0.3 is 4.74 Å². The fourth-order valence-electron chi connectivity index (χ4n) is 2.65. The van der Waals surface area contributed by atoms with E-state index in [-0.39, 0.29) is 16.3 Å². The van der Waals surface area contributed by atoms with Gasteiger partial charge in [-0.05, 0) is 34.9 Å². The molecule has 0 bridgehead atoms. The second kappa shape index (κ2) is 9.42. The summed E-state index contributed by atoms with van der Waals surface area (Å²) in [6.45, 7) is 0. The summed E-state index contributed by atoms with van der Waals surface area (Å²) in [7, 11) is 0. The number of halogens is 1. The predicted molar refractivity (Wildman–Crippen MR) is 110 cm³/mol. The van der Waals surface area contributed by atoms with Crippen molar-refractivity contribution in [3.8, 4) is 0 Å². The molecule has 0 saturated heterocycles. The Morgan fingerprint density at radius 2 is 1.57 bits per heavy atom. The molecule has 1 atom stereocenters. The summed E-state index contributed by atoms with van der Waals surface area (Å²) in [4.78, 5) is 15.7. The summed E-state index contributed by atoms with van der Waals surface area (Å²) in [5.74, 6) is -0.605. The van der Waals surface area contributed by atoms with Gasteiger partial charge in [-0.15, -0.1) is 0 Å². The standard InChI is InChI=1S/C22H16ClN3O2/c23-19-14-8-7-13-18(19)22(27)28-21(17-11-5-2-6-12-17)20(25-26-24)15-16-9-3-1-4-10-16/h1-15,21H/b20-15-. The van der Waals surface area contributed by atoms with Crippen molar-refractivity contribution >= 4 is 23.6 Å². The lowest BCUT2D eigenvalue weighted by molar-refractivity contribution is 0.0370. The highest BCUT2D eigenvalue weighted by Gasteiger charge is 2.23.